The molecular formula is C23H32N4O2S. The summed E-state index contributed by atoms with van der Waals surface area (Å²) in [5.41, 5.74) is 2.35. The summed E-state index contributed by atoms with van der Waals surface area (Å²) >= 11 is 1.35. The molecule has 0 spiro atoms. The highest BCUT2D eigenvalue weighted by Gasteiger charge is 2.35. The third-order valence-electron chi connectivity index (χ3n) is 5.31. The monoisotopic (exact) mass is 428 g/mol. The van der Waals surface area contributed by atoms with Gasteiger partial charge in [-0.25, -0.2) is 0 Å². The molecule has 1 aromatic carbocycles. The molecule has 162 valence electrons. The van der Waals surface area contributed by atoms with Gasteiger partial charge in [-0.15, -0.1) is 10.2 Å². The van der Waals surface area contributed by atoms with E-state index in [-0.39, 0.29) is 17.2 Å². The minimum Gasteiger partial charge on any atom is -0.331 e. The zero-order valence-electron chi connectivity index (χ0n) is 18.6. The molecule has 0 bridgehead atoms. The first-order chi connectivity index (χ1) is 14.1. The van der Waals surface area contributed by atoms with Crippen LogP contribution in [0.4, 0.5) is 5.13 Å². The number of nitrogens with zero attached hydrogens (tertiary/aromatic N) is 3. The van der Waals surface area contributed by atoms with Crippen molar-refractivity contribution in [2.24, 2.45) is 11.3 Å². The van der Waals surface area contributed by atoms with Gasteiger partial charge in [0.05, 0.1) is 0 Å². The van der Waals surface area contributed by atoms with Crippen LogP contribution in [0.5, 0.6) is 0 Å². The highest BCUT2D eigenvalue weighted by Crippen LogP contribution is 2.29. The van der Waals surface area contributed by atoms with E-state index in [0.29, 0.717) is 30.4 Å². The number of amides is 2. The number of carbonyl (C=O) groups is 2. The number of hydrogen-bond acceptors (Lipinski definition) is 5. The van der Waals surface area contributed by atoms with E-state index in [1.54, 1.807) is 4.90 Å². The molecule has 6 nitrogen and oxygen atoms in total. The number of benzene rings is 1. The summed E-state index contributed by atoms with van der Waals surface area (Å²) in [6, 6.07) is 7.62. The van der Waals surface area contributed by atoms with Crippen LogP contribution in [-0.4, -0.2) is 39.5 Å². The zero-order valence-corrected chi connectivity index (χ0v) is 19.4. The molecule has 2 heterocycles. The van der Waals surface area contributed by atoms with E-state index >= 15 is 0 Å². The predicted octanol–water partition coefficient (Wildman–Crippen LogP) is 4.91. The van der Waals surface area contributed by atoms with Gasteiger partial charge in [0.1, 0.15) is 11.0 Å². The van der Waals surface area contributed by atoms with Gasteiger partial charge in [-0.05, 0) is 37.5 Å². The Bertz CT molecular complexity index is 885. The van der Waals surface area contributed by atoms with Crippen molar-refractivity contribution >= 4 is 28.3 Å². The normalized spacial score (nSPS) is 17.8. The topological polar surface area (TPSA) is 75.2 Å². The number of hydrogen-bond donors (Lipinski definition) is 1. The van der Waals surface area contributed by atoms with Crippen LogP contribution < -0.4 is 5.32 Å². The number of carbonyl (C=O) groups excluding carboxylic acids is 2. The molecule has 2 aromatic rings. The maximum Gasteiger partial charge on any atom is 0.249 e. The number of likely N-dealkylation sites (tertiary alicyclic amines) is 1. The Kier molecular flexibility index (Phi) is 6.91. The van der Waals surface area contributed by atoms with E-state index in [9.17, 15) is 9.59 Å². The smallest absolute Gasteiger partial charge is 0.249 e. The van der Waals surface area contributed by atoms with Gasteiger partial charge in [0.2, 0.25) is 16.9 Å². The largest absolute Gasteiger partial charge is 0.331 e. The molecule has 1 aliphatic rings. The van der Waals surface area contributed by atoms with Crippen LogP contribution in [0.25, 0.3) is 10.6 Å². The summed E-state index contributed by atoms with van der Waals surface area (Å²) in [5.74, 6) is 0.194. The fourth-order valence-corrected chi connectivity index (χ4v) is 4.90. The van der Waals surface area contributed by atoms with Crippen molar-refractivity contribution in [3.63, 3.8) is 0 Å². The lowest BCUT2D eigenvalue weighted by Gasteiger charge is -2.27. The third kappa shape index (κ3) is 5.88. The lowest BCUT2D eigenvalue weighted by Crippen LogP contribution is -2.43. The van der Waals surface area contributed by atoms with Crippen molar-refractivity contribution in [3.8, 4) is 10.6 Å². The van der Waals surface area contributed by atoms with E-state index in [2.05, 4.69) is 43.2 Å². The van der Waals surface area contributed by atoms with Gasteiger partial charge >= 0.3 is 0 Å². The van der Waals surface area contributed by atoms with E-state index in [1.165, 1.54) is 16.9 Å². The van der Waals surface area contributed by atoms with Crippen LogP contribution in [0.3, 0.4) is 0 Å². The molecule has 1 saturated heterocycles. The summed E-state index contributed by atoms with van der Waals surface area (Å²) in [4.78, 5) is 27.5. The van der Waals surface area contributed by atoms with Crippen molar-refractivity contribution in [2.75, 3.05) is 11.9 Å². The van der Waals surface area contributed by atoms with Gasteiger partial charge in [0, 0.05) is 18.5 Å². The van der Waals surface area contributed by atoms with Crippen LogP contribution in [-0.2, 0) is 9.59 Å². The Morgan fingerprint density at radius 1 is 1.23 bits per heavy atom. The van der Waals surface area contributed by atoms with Gasteiger partial charge in [0.25, 0.3) is 0 Å². The molecule has 2 amide bonds. The first kappa shape index (κ1) is 22.4. The number of rotatable bonds is 6. The van der Waals surface area contributed by atoms with Gasteiger partial charge in [0.15, 0.2) is 0 Å². The Morgan fingerprint density at radius 2 is 1.93 bits per heavy atom. The van der Waals surface area contributed by atoms with Crippen LogP contribution in [0.15, 0.2) is 24.3 Å². The fraction of sp³-hybridized carbons (Fsp3) is 0.565. The predicted molar refractivity (Wildman–Crippen MR) is 121 cm³/mol. The molecule has 0 unspecified atom stereocenters. The molecule has 30 heavy (non-hydrogen) atoms. The van der Waals surface area contributed by atoms with Crippen LogP contribution in [0.1, 0.15) is 58.9 Å². The molecule has 1 fully saturated rings. The molecule has 7 heteroatoms. The maximum atomic E-state index is 12.9. The minimum absolute atomic E-state index is 0.0713. The van der Waals surface area contributed by atoms with Gasteiger partial charge < -0.3 is 4.90 Å². The number of anilines is 1. The van der Waals surface area contributed by atoms with Crippen molar-refractivity contribution in [1.82, 2.24) is 15.1 Å². The second kappa shape index (κ2) is 9.25. The highest BCUT2D eigenvalue weighted by molar-refractivity contribution is 7.18. The van der Waals surface area contributed by atoms with Gasteiger partial charge in [-0.2, -0.15) is 0 Å². The molecule has 1 aliphatic heterocycles. The van der Waals surface area contributed by atoms with E-state index in [1.807, 2.05) is 31.2 Å². The SMILES string of the molecule is Cc1ccc(-c2nnc(NC(=O)[C@@H]3CCCN3C(=O)C[C@H](C)CC(C)(C)C)s2)cc1. The Labute approximate surface area is 183 Å². The summed E-state index contributed by atoms with van der Waals surface area (Å²) < 4.78 is 0. The molecule has 2 atom stereocenters. The average molecular weight is 429 g/mol. The maximum absolute atomic E-state index is 12.9. The summed E-state index contributed by atoms with van der Waals surface area (Å²) in [6.45, 7) is 11.4. The molecule has 1 N–H and O–H groups in total. The van der Waals surface area contributed by atoms with E-state index < -0.39 is 6.04 Å². The molecule has 3 rings (SSSR count). The number of aryl methyl sites for hydroxylation is 1. The zero-order chi connectivity index (χ0) is 21.9. The van der Waals surface area contributed by atoms with Gasteiger partial charge in [-0.1, -0.05) is 68.9 Å². The van der Waals surface area contributed by atoms with Crippen LogP contribution >= 0.6 is 11.3 Å². The minimum atomic E-state index is -0.425. The van der Waals surface area contributed by atoms with E-state index in [4.69, 9.17) is 0 Å². The lowest BCUT2D eigenvalue weighted by atomic mass is 9.84. The van der Waals surface area contributed by atoms with Crippen molar-refractivity contribution in [2.45, 2.75) is 66.3 Å². The Hall–Kier alpha value is -2.28. The first-order valence-corrected chi connectivity index (χ1v) is 11.4. The first-order valence-electron chi connectivity index (χ1n) is 10.6. The van der Waals surface area contributed by atoms with Crippen molar-refractivity contribution in [3.05, 3.63) is 29.8 Å². The quantitative estimate of drug-likeness (QED) is 0.710. The Morgan fingerprint density at radius 3 is 2.60 bits per heavy atom. The summed E-state index contributed by atoms with van der Waals surface area (Å²) in [7, 11) is 0. The molecule has 1 aromatic heterocycles. The van der Waals surface area contributed by atoms with Crippen LogP contribution in [0.2, 0.25) is 0 Å². The van der Waals surface area contributed by atoms with Gasteiger partial charge in [-0.3, -0.25) is 14.9 Å². The average Bonchev–Trinajstić information content (AvgIpc) is 3.30. The Balaban J connectivity index is 1.60. The second-order valence-corrected chi connectivity index (χ2v) is 10.6. The van der Waals surface area contributed by atoms with Crippen LogP contribution in [0, 0.1) is 18.3 Å². The third-order valence-corrected chi connectivity index (χ3v) is 6.20. The molecule has 0 saturated carbocycles. The molecular weight excluding hydrogens is 396 g/mol. The molecule has 0 radical (unpaired) electrons. The molecule has 0 aliphatic carbocycles. The van der Waals surface area contributed by atoms with Crippen molar-refractivity contribution in [1.29, 1.82) is 0 Å². The fourth-order valence-electron chi connectivity index (χ4n) is 4.15. The standard InChI is InChI=1S/C23H32N4O2S/c1-15-8-10-17(11-9-15)21-25-26-22(30-21)24-20(29)18-7-6-12-27(18)19(28)13-16(2)14-23(3,4)5/h8-11,16,18H,6-7,12-14H2,1-5H3,(H,24,26,29)/t16-,18-/m0/s1. The summed E-state index contributed by atoms with van der Waals surface area (Å²) in [6.07, 6.45) is 3.00. The number of aromatic nitrogens is 2. The van der Waals surface area contributed by atoms with E-state index in [0.717, 1.165) is 23.4 Å². The lowest BCUT2D eigenvalue weighted by molar-refractivity contribution is -0.137. The summed E-state index contributed by atoms with van der Waals surface area (Å²) in [5, 5.41) is 12.4. The second-order valence-electron chi connectivity index (χ2n) is 9.59. The number of nitrogens with one attached hydrogen (secondary N) is 1. The van der Waals surface area contributed by atoms with Crippen molar-refractivity contribution < 1.29 is 9.59 Å². The highest BCUT2D eigenvalue weighted by atomic mass is 32.1.